The Hall–Kier alpha value is -1.42. The summed E-state index contributed by atoms with van der Waals surface area (Å²) in [7, 11) is 0. The minimum atomic E-state index is -0.778. The van der Waals surface area contributed by atoms with Crippen molar-refractivity contribution in [3.05, 3.63) is 28.6 Å². The summed E-state index contributed by atoms with van der Waals surface area (Å²) in [5.41, 5.74) is 4.39. The zero-order chi connectivity index (χ0) is 13.0. The third-order valence-corrected chi connectivity index (χ3v) is 2.81. The van der Waals surface area contributed by atoms with Gasteiger partial charge >= 0.3 is 5.97 Å². The number of carboxylic acids is 1. The van der Waals surface area contributed by atoms with Crippen molar-refractivity contribution in [2.45, 2.75) is 40.2 Å². The number of pyridine rings is 1. The third-order valence-electron chi connectivity index (χ3n) is 2.81. The molecule has 1 aromatic rings. The Bertz CT molecular complexity index is 393. The molecule has 0 aromatic carbocycles. The average Bonchev–Trinajstić information content (AvgIpc) is 2.14. The minimum absolute atomic E-state index is 0.127. The van der Waals surface area contributed by atoms with Crippen molar-refractivity contribution in [2.75, 3.05) is 6.54 Å². The number of aryl methyl sites for hydroxylation is 3. The van der Waals surface area contributed by atoms with Crippen LogP contribution in [-0.4, -0.2) is 22.6 Å². The zero-order valence-corrected chi connectivity index (χ0v) is 10.9. The molecule has 1 aromatic heterocycles. The van der Waals surface area contributed by atoms with Crippen molar-refractivity contribution in [2.24, 2.45) is 0 Å². The summed E-state index contributed by atoms with van der Waals surface area (Å²) in [4.78, 5) is 14.9. The van der Waals surface area contributed by atoms with Crippen molar-refractivity contribution in [3.8, 4) is 0 Å². The van der Waals surface area contributed by atoms with E-state index in [4.69, 9.17) is 5.11 Å². The van der Waals surface area contributed by atoms with Crippen LogP contribution >= 0.6 is 0 Å². The fourth-order valence-corrected chi connectivity index (χ4v) is 2.19. The van der Waals surface area contributed by atoms with Gasteiger partial charge in [-0.15, -0.1) is 0 Å². The van der Waals surface area contributed by atoms with Gasteiger partial charge in [0, 0.05) is 24.0 Å². The second-order valence-corrected chi connectivity index (χ2v) is 4.40. The zero-order valence-electron chi connectivity index (χ0n) is 10.9. The van der Waals surface area contributed by atoms with E-state index in [1.807, 2.05) is 20.8 Å². The topological polar surface area (TPSA) is 62.2 Å². The molecule has 0 aliphatic rings. The third kappa shape index (κ3) is 3.82. The van der Waals surface area contributed by atoms with E-state index in [2.05, 4.69) is 23.3 Å². The van der Waals surface area contributed by atoms with Gasteiger partial charge in [0.15, 0.2) is 0 Å². The Morgan fingerprint density at radius 1 is 1.47 bits per heavy atom. The van der Waals surface area contributed by atoms with Crippen LogP contribution in [0.2, 0.25) is 0 Å². The fraction of sp³-hybridized carbons (Fsp3) is 0.538. The molecule has 4 heteroatoms. The number of aromatic nitrogens is 1. The van der Waals surface area contributed by atoms with E-state index in [0.717, 1.165) is 11.4 Å². The van der Waals surface area contributed by atoms with Gasteiger partial charge in [0.1, 0.15) is 0 Å². The van der Waals surface area contributed by atoms with E-state index < -0.39 is 5.97 Å². The summed E-state index contributed by atoms with van der Waals surface area (Å²) < 4.78 is 0. The molecule has 1 rings (SSSR count). The lowest BCUT2D eigenvalue weighted by atomic mass is 10.0. The highest BCUT2D eigenvalue weighted by Gasteiger charge is 2.12. The minimum Gasteiger partial charge on any atom is -0.481 e. The van der Waals surface area contributed by atoms with Crippen molar-refractivity contribution in [1.82, 2.24) is 10.3 Å². The average molecular weight is 236 g/mol. The van der Waals surface area contributed by atoms with E-state index in [1.165, 1.54) is 11.1 Å². The van der Waals surface area contributed by atoms with Crippen molar-refractivity contribution in [3.63, 3.8) is 0 Å². The second kappa shape index (κ2) is 5.77. The van der Waals surface area contributed by atoms with Crippen LogP contribution in [0.4, 0.5) is 0 Å². The van der Waals surface area contributed by atoms with Gasteiger partial charge < -0.3 is 10.4 Å². The molecule has 0 saturated heterocycles. The highest BCUT2D eigenvalue weighted by molar-refractivity contribution is 5.66. The number of aliphatic carboxylic acids is 1. The SMILES string of the molecule is Cc1cc(C)c(C(C)NCCC(=O)O)c(C)n1. The van der Waals surface area contributed by atoms with E-state index in [9.17, 15) is 4.79 Å². The van der Waals surface area contributed by atoms with Crippen molar-refractivity contribution in [1.29, 1.82) is 0 Å². The summed E-state index contributed by atoms with van der Waals surface area (Å²) in [5.74, 6) is -0.778. The van der Waals surface area contributed by atoms with Crippen LogP contribution in [0, 0.1) is 20.8 Å². The maximum absolute atomic E-state index is 10.4. The molecule has 2 N–H and O–H groups in total. The first kappa shape index (κ1) is 13.6. The molecule has 94 valence electrons. The number of hydrogen-bond donors (Lipinski definition) is 2. The molecule has 0 aliphatic heterocycles. The first-order valence-corrected chi connectivity index (χ1v) is 5.81. The van der Waals surface area contributed by atoms with E-state index in [0.29, 0.717) is 6.54 Å². The molecule has 4 nitrogen and oxygen atoms in total. The van der Waals surface area contributed by atoms with Crippen LogP contribution < -0.4 is 5.32 Å². The highest BCUT2D eigenvalue weighted by atomic mass is 16.4. The molecule has 0 bridgehead atoms. The molecule has 1 unspecified atom stereocenters. The molecule has 0 amide bonds. The van der Waals surface area contributed by atoms with Gasteiger partial charge in [-0.1, -0.05) is 0 Å². The van der Waals surface area contributed by atoms with Crippen molar-refractivity contribution < 1.29 is 9.90 Å². The smallest absolute Gasteiger partial charge is 0.304 e. The van der Waals surface area contributed by atoms with Crippen LogP contribution in [0.5, 0.6) is 0 Å². The Labute approximate surface area is 102 Å². The monoisotopic (exact) mass is 236 g/mol. The summed E-state index contributed by atoms with van der Waals surface area (Å²) in [6.45, 7) is 8.54. The number of hydrogen-bond acceptors (Lipinski definition) is 3. The van der Waals surface area contributed by atoms with Crippen LogP contribution in [0.25, 0.3) is 0 Å². The van der Waals surface area contributed by atoms with Crippen LogP contribution in [0.15, 0.2) is 6.07 Å². The molecular formula is C13H20N2O2. The largest absolute Gasteiger partial charge is 0.481 e. The Balaban J connectivity index is 2.75. The maximum Gasteiger partial charge on any atom is 0.304 e. The molecule has 1 atom stereocenters. The van der Waals surface area contributed by atoms with E-state index in [-0.39, 0.29) is 12.5 Å². The quantitative estimate of drug-likeness (QED) is 0.822. The fourth-order valence-electron chi connectivity index (χ4n) is 2.19. The van der Waals surface area contributed by atoms with Gasteiger partial charge in [-0.25, -0.2) is 0 Å². The first-order chi connectivity index (χ1) is 7.91. The lowest BCUT2D eigenvalue weighted by Crippen LogP contribution is -2.23. The Kier molecular flexibility index (Phi) is 4.63. The molecule has 0 fully saturated rings. The molecule has 17 heavy (non-hydrogen) atoms. The highest BCUT2D eigenvalue weighted by Crippen LogP contribution is 2.20. The number of carboxylic acid groups (broad SMARTS) is 1. The van der Waals surface area contributed by atoms with Crippen LogP contribution in [0.3, 0.4) is 0 Å². The molecule has 1 heterocycles. The second-order valence-electron chi connectivity index (χ2n) is 4.40. The maximum atomic E-state index is 10.4. The van der Waals surface area contributed by atoms with Crippen LogP contribution in [0.1, 0.15) is 41.9 Å². The van der Waals surface area contributed by atoms with Gasteiger partial charge in [-0.3, -0.25) is 9.78 Å². The summed E-state index contributed by atoms with van der Waals surface area (Å²) >= 11 is 0. The molecule has 0 saturated carbocycles. The van der Waals surface area contributed by atoms with E-state index in [1.54, 1.807) is 0 Å². The van der Waals surface area contributed by atoms with Gasteiger partial charge in [-0.05, 0) is 44.9 Å². The Morgan fingerprint density at radius 3 is 2.65 bits per heavy atom. The van der Waals surface area contributed by atoms with Gasteiger partial charge in [0.05, 0.1) is 6.42 Å². The number of rotatable bonds is 5. The normalized spacial score (nSPS) is 12.5. The van der Waals surface area contributed by atoms with Crippen LogP contribution in [-0.2, 0) is 4.79 Å². The lowest BCUT2D eigenvalue weighted by Gasteiger charge is -2.18. The van der Waals surface area contributed by atoms with Gasteiger partial charge in [0.2, 0.25) is 0 Å². The predicted octanol–water partition coefficient (Wildman–Crippen LogP) is 2.13. The summed E-state index contributed by atoms with van der Waals surface area (Å²) in [6, 6.07) is 2.18. The predicted molar refractivity (Wildman–Crippen MR) is 67.1 cm³/mol. The molecule has 0 radical (unpaired) electrons. The molecular weight excluding hydrogens is 216 g/mol. The first-order valence-electron chi connectivity index (χ1n) is 5.81. The molecule has 0 spiro atoms. The van der Waals surface area contributed by atoms with Gasteiger partial charge in [-0.2, -0.15) is 0 Å². The number of nitrogens with zero attached hydrogens (tertiary/aromatic N) is 1. The van der Waals surface area contributed by atoms with Gasteiger partial charge in [0.25, 0.3) is 0 Å². The Morgan fingerprint density at radius 2 is 2.12 bits per heavy atom. The number of carbonyl (C=O) groups is 1. The summed E-state index contributed by atoms with van der Waals surface area (Å²) in [5, 5.41) is 11.8. The van der Waals surface area contributed by atoms with E-state index >= 15 is 0 Å². The lowest BCUT2D eigenvalue weighted by molar-refractivity contribution is -0.136. The summed E-state index contributed by atoms with van der Waals surface area (Å²) in [6.07, 6.45) is 0.141. The van der Waals surface area contributed by atoms with Crippen molar-refractivity contribution >= 4 is 5.97 Å². The molecule has 0 aliphatic carbocycles. The number of nitrogens with one attached hydrogen (secondary N) is 1. The standard InChI is InChI=1S/C13H20N2O2/c1-8-7-9(2)15-11(4)13(8)10(3)14-6-5-12(16)17/h7,10,14H,5-6H2,1-4H3,(H,16,17).